The van der Waals surface area contributed by atoms with E-state index in [2.05, 4.69) is 29.2 Å². The normalized spacial score (nSPS) is 16.0. The third-order valence-corrected chi connectivity index (χ3v) is 3.98. The van der Waals surface area contributed by atoms with E-state index in [1.165, 1.54) is 11.3 Å². The van der Waals surface area contributed by atoms with Crippen molar-refractivity contribution in [2.24, 2.45) is 5.73 Å². The van der Waals surface area contributed by atoms with Gasteiger partial charge in [0.1, 0.15) is 12.4 Å². The maximum absolute atomic E-state index is 6.03. The molecule has 110 valence electrons. The maximum atomic E-state index is 6.03. The average molecular weight is 282 g/mol. The molecule has 2 aromatic rings. The van der Waals surface area contributed by atoms with Crippen LogP contribution in [0.2, 0.25) is 0 Å². The van der Waals surface area contributed by atoms with Gasteiger partial charge in [0.15, 0.2) is 0 Å². The molecular weight excluding hydrogens is 260 g/mol. The standard InChI is InChI=1S/C18H22N2O/c19-16-10-12-20(13-11-16)17-8-4-5-9-18(17)21-14-15-6-2-1-3-7-15/h1-9,16H,10-14,19H2. The number of nitrogens with two attached hydrogens (primary N) is 1. The molecule has 1 fully saturated rings. The van der Waals surface area contributed by atoms with E-state index in [0.29, 0.717) is 12.6 Å². The summed E-state index contributed by atoms with van der Waals surface area (Å²) in [5, 5.41) is 0. The lowest BCUT2D eigenvalue weighted by atomic mass is 10.1. The Labute approximate surface area is 126 Å². The van der Waals surface area contributed by atoms with E-state index in [1.807, 2.05) is 30.3 Å². The van der Waals surface area contributed by atoms with Crippen LogP contribution in [0.1, 0.15) is 18.4 Å². The molecule has 1 aliphatic heterocycles. The highest BCUT2D eigenvalue weighted by molar-refractivity contribution is 5.58. The lowest BCUT2D eigenvalue weighted by Crippen LogP contribution is -2.39. The molecular formula is C18H22N2O. The van der Waals surface area contributed by atoms with E-state index < -0.39 is 0 Å². The molecule has 1 heterocycles. The van der Waals surface area contributed by atoms with Crippen molar-refractivity contribution in [1.82, 2.24) is 0 Å². The molecule has 0 atom stereocenters. The van der Waals surface area contributed by atoms with E-state index in [4.69, 9.17) is 10.5 Å². The van der Waals surface area contributed by atoms with Crippen LogP contribution < -0.4 is 15.4 Å². The highest BCUT2D eigenvalue weighted by atomic mass is 16.5. The summed E-state index contributed by atoms with van der Waals surface area (Å²) >= 11 is 0. The van der Waals surface area contributed by atoms with Crippen molar-refractivity contribution in [3.8, 4) is 5.75 Å². The SMILES string of the molecule is NC1CCN(c2ccccc2OCc2ccccc2)CC1. The number of hydrogen-bond acceptors (Lipinski definition) is 3. The molecule has 2 aromatic carbocycles. The van der Waals surface area contributed by atoms with Crippen molar-refractivity contribution in [2.45, 2.75) is 25.5 Å². The summed E-state index contributed by atoms with van der Waals surface area (Å²) in [6.07, 6.45) is 2.10. The van der Waals surface area contributed by atoms with Crippen molar-refractivity contribution in [1.29, 1.82) is 0 Å². The zero-order chi connectivity index (χ0) is 14.5. The zero-order valence-corrected chi connectivity index (χ0v) is 12.2. The number of benzene rings is 2. The Morgan fingerprint density at radius 1 is 0.952 bits per heavy atom. The minimum atomic E-state index is 0.346. The minimum absolute atomic E-state index is 0.346. The largest absolute Gasteiger partial charge is 0.487 e. The van der Waals surface area contributed by atoms with Gasteiger partial charge in [-0.2, -0.15) is 0 Å². The quantitative estimate of drug-likeness (QED) is 0.936. The van der Waals surface area contributed by atoms with Crippen LogP contribution in [0, 0.1) is 0 Å². The second-order valence-electron chi connectivity index (χ2n) is 5.57. The number of piperidine rings is 1. The molecule has 0 amide bonds. The second-order valence-corrected chi connectivity index (χ2v) is 5.57. The fraction of sp³-hybridized carbons (Fsp3) is 0.333. The van der Waals surface area contributed by atoms with Crippen LogP contribution in [0.3, 0.4) is 0 Å². The first-order valence-corrected chi connectivity index (χ1v) is 7.59. The Bertz CT molecular complexity index is 562. The molecule has 3 rings (SSSR count). The number of anilines is 1. The number of rotatable bonds is 4. The van der Waals surface area contributed by atoms with Crippen LogP contribution in [0.4, 0.5) is 5.69 Å². The lowest BCUT2D eigenvalue weighted by Gasteiger charge is -2.33. The van der Waals surface area contributed by atoms with Gasteiger partial charge in [0.2, 0.25) is 0 Å². The van der Waals surface area contributed by atoms with Crippen LogP contribution in [-0.4, -0.2) is 19.1 Å². The number of nitrogens with zero attached hydrogens (tertiary/aromatic N) is 1. The van der Waals surface area contributed by atoms with Gasteiger partial charge in [-0.1, -0.05) is 42.5 Å². The molecule has 3 nitrogen and oxygen atoms in total. The summed E-state index contributed by atoms with van der Waals surface area (Å²) in [5.74, 6) is 0.955. The zero-order valence-electron chi connectivity index (χ0n) is 12.2. The van der Waals surface area contributed by atoms with Gasteiger partial charge in [-0.25, -0.2) is 0 Å². The molecule has 0 bridgehead atoms. The molecule has 0 unspecified atom stereocenters. The Kier molecular flexibility index (Phi) is 4.41. The maximum Gasteiger partial charge on any atom is 0.143 e. The van der Waals surface area contributed by atoms with E-state index >= 15 is 0 Å². The molecule has 1 saturated heterocycles. The van der Waals surface area contributed by atoms with E-state index in [-0.39, 0.29) is 0 Å². The molecule has 2 N–H and O–H groups in total. The smallest absolute Gasteiger partial charge is 0.143 e. The van der Waals surface area contributed by atoms with Gasteiger partial charge in [0.25, 0.3) is 0 Å². The van der Waals surface area contributed by atoms with E-state index in [1.54, 1.807) is 0 Å². The molecule has 0 saturated carbocycles. The van der Waals surface area contributed by atoms with E-state index in [0.717, 1.165) is 31.7 Å². The third kappa shape index (κ3) is 3.56. The molecule has 3 heteroatoms. The number of ether oxygens (including phenoxy) is 1. The summed E-state index contributed by atoms with van der Waals surface area (Å²) in [4.78, 5) is 2.38. The number of hydrogen-bond donors (Lipinski definition) is 1. The van der Waals surface area contributed by atoms with Gasteiger partial charge in [-0.3, -0.25) is 0 Å². The summed E-state index contributed by atoms with van der Waals surface area (Å²) in [5.41, 5.74) is 8.36. The summed E-state index contributed by atoms with van der Waals surface area (Å²) in [6.45, 7) is 2.62. The summed E-state index contributed by atoms with van der Waals surface area (Å²) in [7, 11) is 0. The first-order chi connectivity index (χ1) is 10.3. The summed E-state index contributed by atoms with van der Waals surface area (Å²) < 4.78 is 6.03. The summed E-state index contributed by atoms with van der Waals surface area (Å²) in [6, 6.07) is 18.9. The van der Waals surface area contributed by atoms with Crippen molar-refractivity contribution in [3.05, 3.63) is 60.2 Å². The van der Waals surface area contributed by atoms with Gasteiger partial charge in [0, 0.05) is 19.1 Å². The van der Waals surface area contributed by atoms with Crippen molar-refractivity contribution in [3.63, 3.8) is 0 Å². The third-order valence-electron chi connectivity index (χ3n) is 3.98. The Hall–Kier alpha value is -2.00. The molecule has 1 aliphatic rings. The van der Waals surface area contributed by atoms with Crippen molar-refractivity contribution in [2.75, 3.05) is 18.0 Å². The molecule has 0 radical (unpaired) electrons. The highest BCUT2D eigenvalue weighted by Gasteiger charge is 2.18. The Morgan fingerprint density at radius 2 is 1.62 bits per heavy atom. The van der Waals surface area contributed by atoms with Gasteiger partial charge in [-0.15, -0.1) is 0 Å². The van der Waals surface area contributed by atoms with Gasteiger partial charge >= 0.3 is 0 Å². The van der Waals surface area contributed by atoms with Gasteiger partial charge in [-0.05, 0) is 30.5 Å². The number of para-hydroxylation sites is 2. The predicted octanol–water partition coefficient (Wildman–Crippen LogP) is 3.19. The van der Waals surface area contributed by atoms with Crippen molar-refractivity contribution >= 4 is 5.69 Å². The first-order valence-electron chi connectivity index (χ1n) is 7.59. The average Bonchev–Trinajstić information content (AvgIpc) is 2.55. The van der Waals surface area contributed by atoms with Crippen molar-refractivity contribution < 1.29 is 4.74 Å². The second kappa shape index (κ2) is 6.64. The fourth-order valence-corrected chi connectivity index (χ4v) is 2.72. The molecule has 0 spiro atoms. The molecule has 0 aromatic heterocycles. The lowest BCUT2D eigenvalue weighted by molar-refractivity contribution is 0.305. The Balaban J connectivity index is 1.70. The first kappa shape index (κ1) is 14.0. The Morgan fingerprint density at radius 3 is 2.38 bits per heavy atom. The van der Waals surface area contributed by atoms with Gasteiger partial charge < -0.3 is 15.4 Å². The fourth-order valence-electron chi connectivity index (χ4n) is 2.72. The van der Waals surface area contributed by atoms with Crippen LogP contribution in [0.5, 0.6) is 5.75 Å². The molecule has 0 aliphatic carbocycles. The molecule has 21 heavy (non-hydrogen) atoms. The topological polar surface area (TPSA) is 38.5 Å². The van der Waals surface area contributed by atoms with Crippen LogP contribution in [-0.2, 0) is 6.61 Å². The van der Waals surface area contributed by atoms with Gasteiger partial charge in [0.05, 0.1) is 5.69 Å². The van der Waals surface area contributed by atoms with Crippen LogP contribution in [0.25, 0.3) is 0 Å². The minimum Gasteiger partial charge on any atom is -0.487 e. The van der Waals surface area contributed by atoms with E-state index in [9.17, 15) is 0 Å². The highest BCUT2D eigenvalue weighted by Crippen LogP contribution is 2.30. The monoisotopic (exact) mass is 282 g/mol. The predicted molar refractivity (Wildman–Crippen MR) is 86.6 cm³/mol. The van der Waals surface area contributed by atoms with Crippen LogP contribution >= 0.6 is 0 Å². The van der Waals surface area contributed by atoms with Crippen LogP contribution in [0.15, 0.2) is 54.6 Å².